The molecular weight excluding hydrogens is 228 g/mol. The molecule has 3 nitrogen and oxygen atoms in total. The fourth-order valence-electron chi connectivity index (χ4n) is 1.07. The summed E-state index contributed by atoms with van der Waals surface area (Å²) in [5.74, 6) is -0.169. The van der Waals surface area contributed by atoms with Gasteiger partial charge in [0.2, 0.25) is 0 Å². The summed E-state index contributed by atoms with van der Waals surface area (Å²) in [6.45, 7) is 2.01. The molecule has 4 heteroatoms. The van der Waals surface area contributed by atoms with E-state index in [1.54, 1.807) is 37.3 Å². The third-order valence-electron chi connectivity index (χ3n) is 1.99. The third-order valence-corrected chi connectivity index (χ3v) is 2.24. The number of ether oxygens (including phenoxy) is 1. The van der Waals surface area contributed by atoms with Crippen LogP contribution in [0.5, 0.6) is 5.75 Å². The van der Waals surface area contributed by atoms with Gasteiger partial charge in [-0.3, -0.25) is 0 Å². The molecule has 16 heavy (non-hydrogen) atoms. The Morgan fingerprint density at radius 3 is 2.62 bits per heavy atom. The lowest BCUT2D eigenvalue weighted by Crippen LogP contribution is -1.99. The van der Waals surface area contributed by atoms with E-state index in [1.807, 2.05) is 0 Å². The highest BCUT2D eigenvalue weighted by Gasteiger charge is 1.98. The van der Waals surface area contributed by atoms with Gasteiger partial charge in [0, 0.05) is 17.0 Å². The summed E-state index contributed by atoms with van der Waals surface area (Å²) in [6.07, 6.45) is 2.21. The van der Waals surface area contributed by atoms with E-state index in [0.29, 0.717) is 23.6 Å². The van der Waals surface area contributed by atoms with Crippen LogP contribution in [0, 0.1) is 0 Å². The Labute approximate surface area is 99.3 Å². The molecule has 1 aromatic rings. The average Bonchev–Trinajstić information content (AvgIpc) is 2.26. The fraction of sp³-hybridized carbons (Fsp3) is 0.250. The van der Waals surface area contributed by atoms with E-state index in [-0.39, 0.29) is 0 Å². The Morgan fingerprint density at radius 2 is 2.06 bits per heavy atom. The number of rotatable bonds is 5. The van der Waals surface area contributed by atoms with Crippen molar-refractivity contribution < 1.29 is 14.6 Å². The van der Waals surface area contributed by atoms with Crippen molar-refractivity contribution >= 4 is 17.6 Å². The Kier molecular flexibility index (Phi) is 4.86. The minimum Gasteiger partial charge on any atom is -0.493 e. The second kappa shape index (κ2) is 6.18. The Hall–Kier alpha value is -1.48. The van der Waals surface area contributed by atoms with Gasteiger partial charge in [-0.15, -0.1) is 0 Å². The van der Waals surface area contributed by atoms with Crippen LogP contribution in [0.3, 0.4) is 0 Å². The monoisotopic (exact) mass is 240 g/mol. The molecule has 0 atom stereocenters. The van der Waals surface area contributed by atoms with Crippen molar-refractivity contribution in [1.29, 1.82) is 0 Å². The van der Waals surface area contributed by atoms with Crippen molar-refractivity contribution in [2.45, 2.75) is 13.3 Å². The van der Waals surface area contributed by atoms with Gasteiger partial charge in [0.1, 0.15) is 5.75 Å². The first kappa shape index (κ1) is 12.6. The zero-order valence-corrected chi connectivity index (χ0v) is 9.70. The van der Waals surface area contributed by atoms with Gasteiger partial charge < -0.3 is 9.84 Å². The van der Waals surface area contributed by atoms with Crippen molar-refractivity contribution in [1.82, 2.24) is 0 Å². The van der Waals surface area contributed by atoms with Gasteiger partial charge in [0.05, 0.1) is 6.61 Å². The fourth-order valence-corrected chi connectivity index (χ4v) is 1.20. The summed E-state index contributed by atoms with van der Waals surface area (Å²) in [5.41, 5.74) is 0.333. The molecule has 0 aliphatic rings. The van der Waals surface area contributed by atoms with Crippen molar-refractivity contribution in [3.05, 3.63) is 40.9 Å². The minimum atomic E-state index is -0.897. The number of hydrogen-bond donors (Lipinski definition) is 1. The maximum atomic E-state index is 10.5. The van der Waals surface area contributed by atoms with Crippen LogP contribution < -0.4 is 4.74 Å². The SMILES string of the molecule is CC(=CCCOc1ccc(Cl)cc1)C(=O)O. The average molecular weight is 241 g/mol. The van der Waals surface area contributed by atoms with Gasteiger partial charge in [-0.2, -0.15) is 0 Å². The Bertz CT molecular complexity index is 382. The molecule has 0 saturated heterocycles. The van der Waals surface area contributed by atoms with Crippen LogP contribution in [0.2, 0.25) is 5.02 Å². The lowest BCUT2D eigenvalue weighted by molar-refractivity contribution is -0.132. The summed E-state index contributed by atoms with van der Waals surface area (Å²) in [6, 6.07) is 7.04. The highest BCUT2D eigenvalue weighted by Crippen LogP contribution is 2.15. The number of hydrogen-bond acceptors (Lipinski definition) is 2. The molecule has 0 bridgehead atoms. The first-order chi connectivity index (χ1) is 7.59. The molecule has 0 amide bonds. The van der Waals surface area contributed by atoms with Gasteiger partial charge in [-0.25, -0.2) is 4.79 Å². The van der Waals surface area contributed by atoms with Gasteiger partial charge in [-0.1, -0.05) is 17.7 Å². The molecule has 0 aromatic heterocycles. The van der Waals surface area contributed by atoms with Crippen molar-refractivity contribution in [3.63, 3.8) is 0 Å². The molecule has 1 aromatic carbocycles. The van der Waals surface area contributed by atoms with E-state index in [2.05, 4.69) is 0 Å². The van der Waals surface area contributed by atoms with Crippen molar-refractivity contribution in [2.75, 3.05) is 6.61 Å². The number of benzene rings is 1. The molecule has 86 valence electrons. The van der Waals surface area contributed by atoms with E-state index in [4.69, 9.17) is 21.4 Å². The lowest BCUT2D eigenvalue weighted by atomic mass is 10.2. The van der Waals surface area contributed by atoms with Gasteiger partial charge in [0.25, 0.3) is 0 Å². The second-order valence-electron chi connectivity index (χ2n) is 3.28. The molecule has 0 unspecified atom stereocenters. The van der Waals surface area contributed by atoms with E-state index in [1.165, 1.54) is 0 Å². The van der Waals surface area contributed by atoms with Gasteiger partial charge >= 0.3 is 5.97 Å². The van der Waals surface area contributed by atoms with Crippen LogP contribution in [0.25, 0.3) is 0 Å². The number of aliphatic carboxylic acids is 1. The Balaban J connectivity index is 2.34. The summed E-state index contributed by atoms with van der Waals surface area (Å²) in [4.78, 5) is 10.5. The van der Waals surface area contributed by atoms with Crippen LogP contribution in [0.15, 0.2) is 35.9 Å². The van der Waals surface area contributed by atoms with Crippen LogP contribution in [0.1, 0.15) is 13.3 Å². The highest BCUT2D eigenvalue weighted by atomic mass is 35.5. The first-order valence-electron chi connectivity index (χ1n) is 4.88. The standard InChI is InChI=1S/C12H13ClO3/c1-9(12(14)15)3-2-8-16-11-6-4-10(13)5-7-11/h3-7H,2,8H2,1H3,(H,14,15). The van der Waals surface area contributed by atoms with Gasteiger partial charge in [-0.05, 0) is 31.2 Å². The summed E-state index contributed by atoms with van der Waals surface area (Å²) in [5, 5.41) is 9.27. The number of carbonyl (C=O) groups is 1. The maximum absolute atomic E-state index is 10.5. The molecule has 0 fully saturated rings. The largest absolute Gasteiger partial charge is 0.493 e. The maximum Gasteiger partial charge on any atom is 0.330 e. The topological polar surface area (TPSA) is 46.5 Å². The van der Waals surface area contributed by atoms with E-state index in [9.17, 15) is 4.79 Å². The zero-order valence-electron chi connectivity index (χ0n) is 8.94. The molecule has 1 N–H and O–H groups in total. The number of carboxylic acid groups (broad SMARTS) is 1. The highest BCUT2D eigenvalue weighted by molar-refractivity contribution is 6.30. The van der Waals surface area contributed by atoms with Crippen molar-refractivity contribution in [3.8, 4) is 5.75 Å². The third kappa shape index (κ3) is 4.36. The number of carboxylic acids is 1. The molecule has 0 radical (unpaired) electrons. The quantitative estimate of drug-likeness (QED) is 0.635. The molecule has 0 heterocycles. The molecular formula is C12H13ClO3. The molecule has 0 aliphatic carbocycles. The number of halogens is 1. The molecule has 0 saturated carbocycles. The van der Waals surface area contributed by atoms with E-state index in [0.717, 1.165) is 5.75 Å². The summed E-state index contributed by atoms with van der Waals surface area (Å²) in [7, 11) is 0. The summed E-state index contributed by atoms with van der Waals surface area (Å²) < 4.78 is 5.39. The predicted octanol–water partition coefficient (Wildman–Crippen LogP) is 3.14. The van der Waals surface area contributed by atoms with E-state index >= 15 is 0 Å². The Morgan fingerprint density at radius 1 is 1.44 bits per heavy atom. The molecule has 0 aliphatic heterocycles. The molecule has 0 spiro atoms. The van der Waals surface area contributed by atoms with E-state index < -0.39 is 5.97 Å². The minimum absolute atomic E-state index is 0.333. The molecule has 1 rings (SSSR count). The van der Waals surface area contributed by atoms with Crippen LogP contribution in [-0.4, -0.2) is 17.7 Å². The van der Waals surface area contributed by atoms with Crippen molar-refractivity contribution in [2.24, 2.45) is 0 Å². The van der Waals surface area contributed by atoms with Crippen LogP contribution in [0.4, 0.5) is 0 Å². The predicted molar refractivity (Wildman–Crippen MR) is 63.0 cm³/mol. The second-order valence-corrected chi connectivity index (χ2v) is 3.72. The first-order valence-corrected chi connectivity index (χ1v) is 5.26. The van der Waals surface area contributed by atoms with Crippen LogP contribution >= 0.6 is 11.6 Å². The zero-order chi connectivity index (χ0) is 12.0. The van der Waals surface area contributed by atoms with Crippen LogP contribution in [-0.2, 0) is 4.79 Å². The lowest BCUT2D eigenvalue weighted by Gasteiger charge is -2.04. The normalized spacial score (nSPS) is 11.2. The smallest absolute Gasteiger partial charge is 0.330 e. The summed E-state index contributed by atoms with van der Waals surface area (Å²) >= 11 is 5.72. The van der Waals surface area contributed by atoms with Gasteiger partial charge in [0.15, 0.2) is 0 Å².